The van der Waals surface area contributed by atoms with Crippen molar-refractivity contribution in [2.45, 2.75) is 230 Å². The van der Waals surface area contributed by atoms with Gasteiger partial charge in [-0.3, -0.25) is 14.4 Å². The van der Waals surface area contributed by atoms with Crippen molar-refractivity contribution in [1.82, 2.24) is 0 Å². The first-order valence-corrected chi connectivity index (χ1v) is 41.1. The molecule has 0 amide bonds. The topological polar surface area (TPSA) is 697 Å². The molecule has 0 bridgehead atoms. The highest BCUT2D eigenvalue weighted by Gasteiger charge is 2.55. The molecule has 6 fully saturated rings. The Morgan fingerprint density at radius 3 is 1.10 bits per heavy atom. The van der Waals surface area contributed by atoms with Crippen LogP contribution in [0.25, 0.3) is 6.08 Å². The second kappa shape index (κ2) is 43.4. The van der Waals surface area contributed by atoms with E-state index < -0.39 is 262 Å². The summed E-state index contributed by atoms with van der Waals surface area (Å²) in [5.41, 5.74) is 1.03. The number of allylic oxidation sites excluding steroid dienone is 1. The van der Waals surface area contributed by atoms with Crippen molar-refractivity contribution in [2.24, 2.45) is 0 Å². The van der Waals surface area contributed by atoms with Gasteiger partial charge >= 0.3 is 0 Å². The minimum atomic E-state index is -1.78. The smallest absolute Gasteiger partial charge is 0.229 e. The van der Waals surface area contributed by atoms with Crippen LogP contribution in [0.1, 0.15) is 87.5 Å². The molecule has 1 unspecified atom stereocenters. The van der Waals surface area contributed by atoms with Crippen LogP contribution in [0.5, 0.6) is 69.0 Å². The third-order valence-corrected chi connectivity index (χ3v) is 21.3. The van der Waals surface area contributed by atoms with Gasteiger partial charge in [0.25, 0.3) is 0 Å². The minimum Gasteiger partial charge on any atom is -0.508 e. The average molecular weight is 1890 g/mol. The SMILES string of the molecule is CI.C[C@@H]1O[C@@H](O[C@H]2[C@H](Oc3cc(O)c(C(=O)/C=C/c4ccc(O)cc4)c(O)c3)O[C@H](CO)[C@@H](O)[C@@H]2O)[C@H](O)[C@H](O)[C@H]1O.C[C@@H]1O[C@@H](O[C@H]2[C@H](Oc3cc(O)c(C(=O)CCc4ccc(O)cc4)c(O)c3)O[C@H](CO)[C@@H](O)[C@@H]2O)[C@H](O)[C@H](O)[C@H]1O.C[C@@H]1O[C@@H](O[C@H]2[C@H](Oc3cc(O)c4c(c3)OC(c3ccc(O)cc3)CC4=O)O[C@H](CO)[C@@H](O)[C@@H]2O)[C@H](O)[C@H](O)[C@H]1O. The highest BCUT2D eigenvalue weighted by Crippen LogP contribution is 2.45. The summed E-state index contributed by atoms with van der Waals surface area (Å²) < 4.78 is 73.0. The lowest BCUT2D eigenvalue weighted by molar-refractivity contribution is -0.354. The maximum absolute atomic E-state index is 12.9. The highest BCUT2D eigenvalue weighted by molar-refractivity contribution is 14.1. The number of carbonyl (C=O) groups is 3. The van der Waals surface area contributed by atoms with E-state index in [4.69, 9.17) is 61.6 Å². The molecular weight excluding hydrogens is 1780 g/mol. The molecule has 6 aromatic rings. The van der Waals surface area contributed by atoms with E-state index in [1.54, 1.807) is 36.4 Å². The first kappa shape index (κ1) is 98.5. The van der Waals surface area contributed by atoms with Gasteiger partial charge in [0.15, 0.2) is 54.5 Å². The summed E-state index contributed by atoms with van der Waals surface area (Å²) in [5.74, 6) is -5.29. The molecule has 7 heterocycles. The Labute approximate surface area is 724 Å². The monoisotopic (exact) mass is 1880 g/mol. The summed E-state index contributed by atoms with van der Waals surface area (Å²) in [7, 11) is 0. The summed E-state index contributed by atoms with van der Waals surface area (Å²) in [4.78, 5) is 40.2. The largest absolute Gasteiger partial charge is 0.508 e. The lowest BCUT2D eigenvalue weighted by Crippen LogP contribution is -2.64. The summed E-state index contributed by atoms with van der Waals surface area (Å²) in [6.07, 6.45) is -44.3. The zero-order chi connectivity index (χ0) is 91.6. The van der Waals surface area contributed by atoms with Crippen molar-refractivity contribution in [2.75, 3.05) is 24.8 Å². The first-order chi connectivity index (χ1) is 59.3. The van der Waals surface area contributed by atoms with Gasteiger partial charge in [0, 0.05) is 42.8 Å². The number of ketones is 3. The fourth-order valence-electron chi connectivity index (χ4n) is 14.2. The number of fused-ring (bicyclic) bond motifs is 1. The number of aromatic hydroxyl groups is 8. The van der Waals surface area contributed by atoms with Crippen LogP contribution in [0.15, 0.2) is 115 Å². The zero-order valence-corrected chi connectivity index (χ0v) is 68.9. The van der Waals surface area contributed by atoms with Gasteiger partial charge in [-0.15, -0.1) is 0 Å². The van der Waals surface area contributed by atoms with E-state index >= 15 is 0 Å². The fourth-order valence-corrected chi connectivity index (χ4v) is 14.2. The zero-order valence-electron chi connectivity index (χ0n) is 66.7. The number of aliphatic hydroxyl groups is 18. The first-order valence-electron chi connectivity index (χ1n) is 38.9. The van der Waals surface area contributed by atoms with Crippen LogP contribution in [-0.4, -0.2) is 359 Å². The molecule has 0 radical (unpaired) electrons. The number of aryl methyl sites for hydroxylation is 1. The van der Waals surface area contributed by atoms with Crippen molar-refractivity contribution in [1.29, 1.82) is 0 Å². The van der Waals surface area contributed by atoms with E-state index in [2.05, 4.69) is 22.6 Å². The number of phenolic OH excluding ortho intramolecular Hbond substituents is 8. The standard InChI is InChI=1S/C27H32O14.C27H34O14.C27H32O14.CH3I/c1-10-20(32)22(34)24(36)26(37-10)41-25-23(35)21(33)18(9-28)40-27(25)38-13-6-14(30)19-15(31)8-16(39-17(19)7-13)11-2-4-12(29)5-3-11;2*1-11-20(33)22(35)24(37)26(38-11)41-25-23(36)21(34)18(10-28)40-27(25)39-14-8-16(31)19(17(32)9-14)15(30)7-4-12-2-5-13(29)6-3-12;1-2/h2-7,10,16,18,20-30,32-36H,8-9H2,1H3;2-3,5-6,8-9,11,18,20-29,31-37H,4,7,10H2,1H3;2-9,11,18,20-29,31-37H,10H2,1H3;1H3/b;;7-4+;/t10-,16?,18+,20-,21+,22+,23-,24+,25+,26-,27+;2*11-,18+,20-,21+,22+,23-,24+,25+,26-,27+;/m000./s1. The molecule has 0 aliphatic carbocycles. The fraction of sp³-hybridized carbons (Fsp3) is 0.500. The second-order valence-electron chi connectivity index (χ2n) is 30.0. The van der Waals surface area contributed by atoms with Crippen LogP contribution in [0.2, 0.25) is 0 Å². The Morgan fingerprint density at radius 2 is 0.736 bits per heavy atom. The number of Topliss-reactive ketones (excluding diaryl/α,β-unsaturated/α-hetero) is 2. The van der Waals surface area contributed by atoms with Crippen LogP contribution < -0.4 is 18.9 Å². The molecule has 7 aliphatic heterocycles. The van der Waals surface area contributed by atoms with Gasteiger partial charge in [0.1, 0.15) is 202 Å². The molecule has 6 saturated heterocycles. The summed E-state index contributed by atoms with van der Waals surface area (Å²) in [6.45, 7) is 2.05. The third kappa shape index (κ3) is 23.1. The second-order valence-corrected chi connectivity index (χ2v) is 30.0. The molecule has 688 valence electrons. The molecule has 42 nitrogen and oxygen atoms in total. The van der Waals surface area contributed by atoms with Crippen LogP contribution in [0.4, 0.5) is 0 Å². The van der Waals surface area contributed by atoms with Crippen LogP contribution in [0.3, 0.4) is 0 Å². The number of rotatable bonds is 23. The molecule has 43 heteroatoms. The van der Waals surface area contributed by atoms with Crippen molar-refractivity contribution in [3.05, 3.63) is 149 Å². The Bertz CT molecular complexity index is 4520. The van der Waals surface area contributed by atoms with Crippen LogP contribution in [0, 0.1) is 0 Å². The van der Waals surface area contributed by atoms with Gasteiger partial charge in [-0.25, -0.2) is 0 Å². The minimum absolute atomic E-state index is 0.0149. The number of hydrogen-bond acceptors (Lipinski definition) is 42. The molecule has 7 aliphatic rings. The number of carbonyl (C=O) groups excluding carboxylic acids is 3. The number of aliphatic hydroxyl groups excluding tert-OH is 18. The third-order valence-electron chi connectivity index (χ3n) is 21.3. The Kier molecular flexibility index (Phi) is 34.2. The highest BCUT2D eigenvalue weighted by atomic mass is 127. The molecule has 0 saturated carbocycles. The summed E-state index contributed by atoms with van der Waals surface area (Å²) in [6, 6.07) is 24.6. The van der Waals surface area contributed by atoms with Crippen LogP contribution >= 0.6 is 22.6 Å². The average Bonchev–Trinajstić information content (AvgIpc) is 0.779. The molecule has 6 aromatic carbocycles. The molecule has 125 heavy (non-hydrogen) atoms. The molecular formula is C82H101IO42. The number of hydrogen-bond donors (Lipinski definition) is 26. The van der Waals surface area contributed by atoms with E-state index in [0.29, 0.717) is 11.1 Å². The quantitative estimate of drug-likeness (QED) is 0.0134. The number of halogens is 1. The maximum atomic E-state index is 12.9. The lowest BCUT2D eigenvalue weighted by Gasteiger charge is -2.45. The van der Waals surface area contributed by atoms with Gasteiger partial charge in [0.2, 0.25) is 18.9 Å². The van der Waals surface area contributed by atoms with E-state index in [1.807, 2.05) is 4.93 Å². The van der Waals surface area contributed by atoms with Gasteiger partial charge in [-0.1, -0.05) is 65.1 Å². The Hall–Kier alpha value is -8.68. The predicted octanol–water partition coefficient (Wildman–Crippen LogP) is -2.73. The predicted molar refractivity (Wildman–Crippen MR) is 427 cm³/mol. The Morgan fingerprint density at radius 1 is 0.400 bits per heavy atom. The molecule has 31 atom stereocenters. The van der Waals surface area contributed by atoms with Crippen molar-refractivity contribution >= 4 is 46.0 Å². The van der Waals surface area contributed by atoms with E-state index in [1.165, 1.54) is 69.3 Å². The molecule has 13 rings (SSSR count). The van der Waals surface area contributed by atoms with Gasteiger partial charge in [-0.2, -0.15) is 0 Å². The summed E-state index contributed by atoms with van der Waals surface area (Å²) >= 11 is 2.15. The van der Waals surface area contributed by atoms with Gasteiger partial charge < -0.3 is 194 Å². The van der Waals surface area contributed by atoms with E-state index in [9.17, 15) is 147 Å². The van der Waals surface area contributed by atoms with Gasteiger partial charge in [-0.05, 0) is 91.3 Å². The van der Waals surface area contributed by atoms with Crippen molar-refractivity contribution < 1.29 is 209 Å². The Balaban J connectivity index is 0.000000194. The number of alkyl halides is 1. The number of ether oxygens (including phenoxy) is 13. The normalized spacial score (nSPS) is 34.5. The van der Waals surface area contributed by atoms with Crippen molar-refractivity contribution in [3.8, 4) is 69.0 Å². The van der Waals surface area contributed by atoms with Crippen molar-refractivity contribution in [3.63, 3.8) is 0 Å². The van der Waals surface area contributed by atoms with E-state index in [-0.39, 0.29) is 70.6 Å². The van der Waals surface area contributed by atoms with Gasteiger partial charge in [0.05, 0.1) is 44.6 Å². The lowest BCUT2D eigenvalue weighted by atomic mass is 9.95. The molecule has 0 aromatic heterocycles. The molecule has 0 spiro atoms. The van der Waals surface area contributed by atoms with E-state index in [0.717, 1.165) is 42.0 Å². The number of phenols is 8. The maximum Gasteiger partial charge on any atom is 0.229 e. The number of benzene rings is 6. The summed E-state index contributed by atoms with van der Waals surface area (Å²) in [5, 5.41) is 265. The molecule has 26 N–H and O–H groups in total. The van der Waals surface area contributed by atoms with Crippen LogP contribution in [-0.2, 0) is 49.1 Å².